The Morgan fingerprint density at radius 2 is 1.80 bits per heavy atom. The first-order chi connectivity index (χ1) is 21.2. The van der Waals surface area contributed by atoms with Gasteiger partial charge in [0.25, 0.3) is 11.8 Å². The van der Waals surface area contributed by atoms with Crippen molar-refractivity contribution in [3.05, 3.63) is 121 Å². The van der Waals surface area contributed by atoms with E-state index < -0.39 is 34.6 Å². The van der Waals surface area contributed by atoms with E-state index in [4.69, 9.17) is 9.15 Å². The average Bonchev–Trinajstić information content (AvgIpc) is 3.59. The van der Waals surface area contributed by atoms with Gasteiger partial charge in [-0.25, -0.2) is 14.2 Å². The number of thiazole rings is 1. The van der Waals surface area contributed by atoms with Crippen LogP contribution < -0.4 is 15.2 Å². The fraction of sp³-hybridized carbons (Fsp3) is 0.182. The second-order valence-corrected chi connectivity index (χ2v) is 11.6. The molecular formula is C33H24FN3O6S. The largest absolute Gasteiger partial charge is 0.462 e. The molecule has 0 aliphatic carbocycles. The molecule has 1 spiro atoms. The van der Waals surface area contributed by atoms with E-state index in [2.05, 4.69) is 4.98 Å². The number of carbonyl (C=O) groups excluding carboxylic acids is 3. The van der Waals surface area contributed by atoms with E-state index in [-0.39, 0.29) is 51.0 Å². The second-order valence-electron chi connectivity index (χ2n) is 10.6. The molecular weight excluding hydrogens is 585 g/mol. The van der Waals surface area contributed by atoms with Crippen molar-refractivity contribution in [1.29, 1.82) is 0 Å². The Balaban J connectivity index is 1.55. The molecule has 5 aromatic rings. The smallest absolute Gasteiger partial charge is 0.350 e. The van der Waals surface area contributed by atoms with Crippen LogP contribution >= 0.6 is 11.3 Å². The monoisotopic (exact) mass is 609 g/mol. The molecule has 7 rings (SSSR count). The van der Waals surface area contributed by atoms with Gasteiger partial charge in [-0.15, -0.1) is 0 Å². The molecule has 44 heavy (non-hydrogen) atoms. The molecule has 0 saturated heterocycles. The lowest BCUT2D eigenvalue weighted by Crippen LogP contribution is -2.53. The number of anilines is 2. The zero-order valence-corrected chi connectivity index (χ0v) is 24.7. The molecule has 9 nitrogen and oxygen atoms in total. The van der Waals surface area contributed by atoms with Gasteiger partial charge in [0.1, 0.15) is 16.3 Å². The molecule has 4 heterocycles. The molecule has 0 bridgehead atoms. The Hall–Kier alpha value is -5.16. The van der Waals surface area contributed by atoms with Gasteiger partial charge in [0.15, 0.2) is 16.1 Å². The first kappa shape index (κ1) is 27.7. The molecule has 0 fully saturated rings. The van der Waals surface area contributed by atoms with E-state index in [0.717, 1.165) is 21.8 Å². The molecule has 1 atom stereocenters. The molecule has 3 aromatic carbocycles. The summed E-state index contributed by atoms with van der Waals surface area (Å²) in [4.78, 5) is 63.8. The highest BCUT2D eigenvalue weighted by Crippen LogP contribution is 2.55. The quantitative estimate of drug-likeness (QED) is 0.238. The van der Waals surface area contributed by atoms with Crippen molar-refractivity contribution < 1.29 is 27.9 Å². The van der Waals surface area contributed by atoms with Gasteiger partial charge in [0.2, 0.25) is 5.76 Å². The maximum atomic E-state index is 15.0. The predicted octanol–water partition coefficient (Wildman–Crippen LogP) is 5.63. The Labute approximate surface area is 254 Å². The van der Waals surface area contributed by atoms with E-state index in [1.165, 1.54) is 11.0 Å². The zero-order valence-electron chi connectivity index (χ0n) is 23.8. The van der Waals surface area contributed by atoms with E-state index in [1.54, 1.807) is 74.5 Å². The van der Waals surface area contributed by atoms with Gasteiger partial charge < -0.3 is 14.1 Å². The number of esters is 1. The number of fused-ring (bicyclic) bond motifs is 5. The van der Waals surface area contributed by atoms with Gasteiger partial charge in [-0.1, -0.05) is 59.4 Å². The van der Waals surface area contributed by atoms with E-state index in [0.29, 0.717) is 16.9 Å². The summed E-state index contributed by atoms with van der Waals surface area (Å²) < 4.78 is 26.2. The van der Waals surface area contributed by atoms with E-state index in [9.17, 15) is 23.6 Å². The minimum atomic E-state index is -2.04. The predicted molar refractivity (Wildman–Crippen MR) is 162 cm³/mol. The van der Waals surface area contributed by atoms with Crippen LogP contribution in [0.15, 0.2) is 75.9 Å². The molecule has 2 aliphatic rings. The van der Waals surface area contributed by atoms with Gasteiger partial charge in [-0.3, -0.25) is 19.3 Å². The molecule has 2 aliphatic heterocycles. The molecule has 2 amide bonds. The maximum absolute atomic E-state index is 15.0. The number of amides is 2. The van der Waals surface area contributed by atoms with Crippen LogP contribution in [0.5, 0.6) is 0 Å². The number of rotatable bonds is 5. The third kappa shape index (κ3) is 3.72. The molecule has 11 heteroatoms. The summed E-state index contributed by atoms with van der Waals surface area (Å²) in [5.74, 6) is -2.85. The highest BCUT2D eigenvalue weighted by atomic mass is 32.1. The van der Waals surface area contributed by atoms with Gasteiger partial charge in [0.05, 0.1) is 35.5 Å². The van der Waals surface area contributed by atoms with Crippen LogP contribution in [-0.4, -0.2) is 29.4 Å². The number of carbonyl (C=O) groups is 3. The lowest BCUT2D eigenvalue weighted by atomic mass is 9.84. The fourth-order valence-electron chi connectivity index (χ4n) is 6.09. The van der Waals surface area contributed by atoms with Gasteiger partial charge in [-0.2, -0.15) is 0 Å². The Bertz CT molecular complexity index is 2120. The number of para-hydroxylation sites is 1. The zero-order chi connectivity index (χ0) is 30.9. The summed E-state index contributed by atoms with van der Waals surface area (Å²) in [5, 5.41) is 0.218. The normalized spacial score (nSPS) is 17.1. The molecule has 0 N–H and O–H groups in total. The molecule has 1 unspecified atom stereocenters. The van der Waals surface area contributed by atoms with Crippen LogP contribution in [0.2, 0.25) is 0 Å². The van der Waals surface area contributed by atoms with Crippen molar-refractivity contribution in [3.63, 3.8) is 0 Å². The van der Waals surface area contributed by atoms with Crippen LogP contribution in [-0.2, 0) is 21.6 Å². The number of benzene rings is 3. The summed E-state index contributed by atoms with van der Waals surface area (Å²) in [7, 11) is 0. The summed E-state index contributed by atoms with van der Waals surface area (Å²) in [6, 6.07) is 17.9. The molecule has 2 aromatic heterocycles. The van der Waals surface area contributed by atoms with Crippen LogP contribution in [0.3, 0.4) is 0 Å². The number of aromatic nitrogens is 1. The van der Waals surface area contributed by atoms with Crippen LogP contribution in [0, 0.1) is 19.7 Å². The van der Waals surface area contributed by atoms with Crippen molar-refractivity contribution in [1.82, 2.24) is 4.98 Å². The van der Waals surface area contributed by atoms with Crippen LogP contribution in [0.1, 0.15) is 55.1 Å². The number of halogens is 1. The summed E-state index contributed by atoms with van der Waals surface area (Å²) in [6.07, 6.45) is 0. The van der Waals surface area contributed by atoms with Crippen molar-refractivity contribution in [2.24, 2.45) is 0 Å². The van der Waals surface area contributed by atoms with Gasteiger partial charge in [0, 0.05) is 11.1 Å². The third-order valence-electron chi connectivity index (χ3n) is 8.00. The average molecular weight is 610 g/mol. The minimum absolute atomic E-state index is 0.0116. The lowest BCUT2D eigenvalue weighted by Gasteiger charge is -2.32. The van der Waals surface area contributed by atoms with E-state index in [1.807, 2.05) is 6.92 Å². The standard InChI is InChI=1S/C33H24FN3O6S/c1-4-42-30(40)28-18(3)35-32(44-28)37-29(39)27-25(26(38)20-15-17(2)13-14-24(20)43-27)33(37)21-10-6-8-12-23(21)36(31(33)41)16-19-9-5-7-11-22(19)34/h5-15H,4,16H2,1-3H3. The Morgan fingerprint density at radius 3 is 2.57 bits per heavy atom. The number of nitrogens with zero attached hydrogens (tertiary/aromatic N) is 3. The van der Waals surface area contributed by atoms with Crippen LogP contribution in [0.4, 0.5) is 15.2 Å². The second kappa shape index (κ2) is 9.95. The topological polar surface area (TPSA) is 110 Å². The molecule has 0 saturated carbocycles. The Morgan fingerprint density at radius 1 is 1.05 bits per heavy atom. The first-order valence-electron chi connectivity index (χ1n) is 13.9. The van der Waals surface area contributed by atoms with Crippen LogP contribution in [0.25, 0.3) is 11.0 Å². The summed E-state index contributed by atoms with van der Waals surface area (Å²) in [6.45, 7) is 5.06. The SMILES string of the molecule is CCOC(=O)c1sc(N2C(=O)c3oc4ccc(C)cc4c(=O)c3C23C(=O)N(Cc2ccccc2F)c2ccccc23)nc1C. The Kier molecular flexibility index (Phi) is 6.26. The maximum Gasteiger partial charge on any atom is 0.350 e. The number of ether oxygens (including phenoxy) is 1. The fourth-order valence-corrected chi connectivity index (χ4v) is 7.11. The third-order valence-corrected chi connectivity index (χ3v) is 9.13. The number of hydrogen-bond acceptors (Lipinski definition) is 8. The van der Waals surface area contributed by atoms with E-state index >= 15 is 0 Å². The van der Waals surface area contributed by atoms with Crippen molar-refractivity contribution in [3.8, 4) is 0 Å². The molecule has 0 radical (unpaired) electrons. The number of hydrogen-bond donors (Lipinski definition) is 0. The van der Waals surface area contributed by atoms with Crippen molar-refractivity contribution in [2.45, 2.75) is 32.9 Å². The van der Waals surface area contributed by atoms with Gasteiger partial charge in [-0.05, 0) is 45.0 Å². The van der Waals surface area contributed by atoms with Crippen molar-refractivity contribution in [2.75, 3.05) is 16.4 Å². The summed E-state index contributed by atoms with van der Waals surface area (Å²) in [5.41, 5.74) is -0.488. The highest BCUT2D eigenvalue weighted by Gasteiger charge is 2.66. The first-order valence-corrected chi connectivity index (χ1v) is 14.7. The number of aryl methyl sites for hydroxylation is 2. The van der Waals surface area contributed by atoms with Crippen molar-refractivity contribution >= 4 is 50.9 Å². The minimum Gasteiger partial charge on any atom is -0.462 e. The van der Waals surface area contributed by atoms with Gasteiger partial charge >= 0.3 is 5.97 Å². The lowest BCUT2D eigenvalue weighted by molar-refractivity contribution is -0.121. The molecule has 220 valence electrons. The summed E-state index contributed by atoms with van der Waals surface area (Å²) >= 11 is 0.882. The highest BCUT2D eigenvalue weighted by molar-refractivity contribution is 7.17.